The van der Waals surface area contributed by atoms with Gasteiger partial charge in [0, 0.05) is 87.6 Å². The van der Waals surface area contributed by atoms with Gasteiger partial charge in [-0.2, -0.15) is 0 Å². The van der Waals surface area contributed by atoms with E-state index in [4.69, 9.17) is 26.8 Å². The van der Waals surface area contributed by atoms with E-state index in [2.05, 4.69) is 66.7 Å². The number of piperazine rings is 1. The number of allylic oxidation sites excluding steroid dienone is 1. The minimum Gasteiger partial charge on any atom is -0.455 e. The first-order valence-corrected chi connectivity index (χ1v) is 22.6. The third kappa shape index (κ3) is 10.6. The van der Waals surface area contributed by atoms with Crippen molar-refractivity contribution in [3.63, 3.8) is 0 Å². The number of hydrogen-bond donors (Lipinski definition) is 3. The predicted octanol–water partition coefficient (Wildman–Crippen LogP) is 8.52. The summed E-state index contributed by atoms with van der Waals surface area (Å²) >= 11 is 9.66. The maximum atomic E-state index is 13.9. The second-order valence-corrected chi connectivity index (χ2v) is 19.3. The summed E-state index contributed by atoms with van der Waals surface area (Å²) in [7, 11) is -4.57. The van der Waals surface area contributed by atoms with Crippen molar-refractivity contribution in [3.8, 4) is 11.5 Å². The summed E-state index contributed by atoms with van der Waals surface area (Å²) in [6, 6.07) is 18.1. The molecule has 318 valence electrons. The summed E-state index contributed by atoms with van der Waals surface area (Å²) in [6.07, 6.45) is 6.28. The highest BCUT2D eigenvalue weighted by atomic mass is 79.9. The molecule has 1 amide bonds. The molecule has 4 aromatic rings. The number of sulfonamides is 1. The largest absolute Gasteiger partial charge is 0.455 e. The first-order chi connectivity index (χ1) is 28.6. The van der Waals surface area contributed by atoms with Crippen LogP contribution in [0.1, 0.15) is 61.9 Å². The molecule has 3 aliphatic rings. The Morgan fingerprint density at radius 2 is 1.78 bits per heavy atom. The molecule has 14 nitrogen and oxygen atoms in total. The minimum atomic E-state index is -4.57. The maximum absolute atomic E-state index is 13.9. The number of nitro groups is 1. The average molecular weight is 923 g/mol. The van der Waals surface area contributed by atoms with Crippen LogP contribution in [-0.2, 0) is 14.8 Å². The molecule has 0 saturated carbocycles. The Labute approximate surface area is 363 Å². The smallest absolute Gasteiger partial charge is 0.293 e. The van der Waals surface area contributed by atoms with Crippen LogP contribution in [0.2, 0.25) is 5.02 Å². The van der Waals surface area contributed by atoms with Crippen LogP contribution in [-0.4, -0.2) is 81.6 Å². The van der Waals surface area contributed by atoms with Crippen molar-refractivity contribution in [2.75, 3.05) is 68.4 Å². The Morgan fingerprint density at radius 1 is 1.05 bits per heavy atom. The number of aromatic nitrogens is 1. The number of hydrogen-bond acceptors (Lipinski definition) is 12. The molecule has 0 radical (unpaired) electrons. The molecule has 0 unspecified atom stereocenters. The third-order valence-electron chi connectivity index (χ3n) is 11.4. The number of nitro benzene ring substituents is 1. The number of carbonyl (C=O) groups is 1. The quantitative estimate of drug-likeness (QED) is 0.0860. The van der Waals surface area contributed by atoms with Gasteiger partial charge in [-0.1, -0.05) is 43.2 Å². The van der Waals surface area contributed by atoms with Crippen molar-refractivity contribution in [1.82, 2.24) is 14.6 Å². The molecule has 2 saturated heterocycles. The van der Waals surface area contributed by atoms with E-state index >= 15 is 0 Å². The summed E-state index contributed by atoms with van der Waals surface area (Å²) in [5.74, 6) is -0.192. The molecule has 2 fully saturated rings. The fourth-order valence-electron chi connectivity index (χ4n) is 7.93. The number of nitrogens with one attached hydrogen (secondary N) is 2. The second kappa shape index (κ2) is 18.5. The fourth-order valence-corrected chi connectivity index (χ4v) is 9.34. The van der Waals surface area contributed by atoms with Crippen LogP contribution >= 0.6 is 27.5 Å². The average Bonchev–Trinajstić information content (AvgIpc) is 3.22. The van der Waals surface area contributed by atoms with Gasteiger partial charge in [0.15, 0.2) is 0 Å². The second-order valence-electron chi connectivity index (χ2n) is 16.3. The summed E-state index contributed by atoms with van der Waals surface area (Å²) in [5, 5.41) is 15.9. The first kappa shape index (κ1) is 43.4. The Kier molecular flexibility index (Phi) is 13.4. The molecule has 0 bridgehead atoms. The zero-order valence-corrected chi connectivity index (χ0v) is 36.7. The standard InChI is InChI=1S/C43H49BrClN7O7S/c1-43(2)14-11-30(35(24-43)29-3-5-31(45)6-4-29)27-50-15-17-51(18-16-50)32-7-9-34(39(21-32)59-40-23-41(46)48-26-36(40)44)42(53)49-60(56,57)33-8-10-37(38(22-33)52(54)55)47-25-28-12-19-58-20-13-28/h3-10,21-23,26,28,47H,11-20,24-25,27H2,1-2H3,(H2,46,48)(H,49,53). The number of anilines is 3. The molecule has 4 N–H and O–H groups in total. The van der Waals surface area contributed by atoms with Crippen molar-refractivity contribution in [3.05, 3.63) is 109 Å². The molecule has 2 aliphatic heterocycles. The number of halogens is 2. The van der Waals surface area contributed by atoms with Gasteiger partial charge < -0.3 is 25.4 Å². The van der Waals surface area contributed by atoms with Gasteiger partial charge in [0.25, 0.3) is 21.6 Å². The van der Waals surface area contributed by atoms with Crippen LogP contribution in [0.3, 0.4) is 0 Å². The van der Waals surface area contributed by atoms with E-state index in [0.29, 0.717) is 37.3 Å². The SMILES string of the molecule is CC1(C)CCC(CN2CCN(c3ccc(C(=O)NS(=O)(=O)c4ccc(NCC5CCOCC5)c([N+](=O)[O-])c4)c(Oc4cc(N)ncc4Br)c3)CC2)=C(c2ccc(Cl)cc2)C1. The molecule has 7 rings (SSSR count). The number of nitrogen functional groups attached to an aromatic ring is 1. The van der Waals surface area contributed by atoms with Gasteiger partial charge >= 0.3 is 0 Å². The summed E-state index contributed by atoms with van der Waals surface area (Å²) in [4.78, 5) is 33.6. The van der Waals surface area contributed by atoms with Crippen LogP contribution in [0.25, 0.3) is 5.57 Å². The number of ether oxygens (including phenoxy) is 2. The fraction of sp³-hybridized carbons (Fsp3) is 0.395. The van der Waals surface area contributed by atoms with Crippen LogP contribution in [0, 0.1) is 21.4 Å². The molecule has 60 heavy (non-hydrogen) atoms. The van der Waals surface area contributed by atoms with Crippen molar-refractivity contribution in [1.29, 1.82) is 0 Å². The Morgan fingerprint density at radius 3 is 2.50 bits per heavy atom. The van der Waals surface area contributed by atoms with E-state index in [-0.39, 0.29) is 39.9 Å². The lowest BCUT2D eigenvalue weighted by molar-refractivity contribution is -0.384. The molecule has 17 heteroatoms. The number of nitrogens with zero attached hydrogens (tertiary/aromatic N) is 4. The lowest BCUT2D eigenvalue weighted by Crippen LogP contribution is -2.47. The van der Waals surface area contributed by atoms with E-state index in [1.54, 1.807) is 12.1 Å². The highest BCUT2D eigenvalue weighted by molar-refractivity contribution is 9.10. The van der Waals surface area contributed by atoms with E-state index in [0.717, 1.165) is 68.5 Å². The van der Waals surface area contributed by atoms with E-state index < -0.39 is 31.4 Å². The summed E-state index contributed by atoms with van der Waals surface area (Å²) in [6.45, 7) is 10.3. The minimum absolute atomic E-state index is 0.0746. The zero-order valence-electron chi connectivity index (χ0n) is 33.6. The van der Waals surface area contributed by atoms with Gasteiger partial charge in [-0.15, -0.1) is 0 Å². The molecule has 1 aromatic heterocycles. The lowest BCUT2D eigenvalue weighted by atomic mass is 9.72. The first-order valence-electron chi connectivity index (χ1n) is 20.0. The number of amides is 1. The highest BCUT2D eigenvalue weighted by Crippen LogP contribution is 2.43. The molecule has 3 aromatic carbocycles. The predicted molar refractivity (Wildman–Crippen MR) is 237 cm³/mol. The van der Waals surface area contributed by atoms with Gasteiger partial charge in [0.05, 0.1) is 19.9 Å². The van der Waals surface area contributed by atoms with Gasteiger partial charge in [-0.25, -0.2) is 18.1 Å². The monoisotopic (exact) mass is 921 g/mol. The van der Waals surface area contributed by atoms with E-state index in [9.17, 15) is 23.3 Å². The maximum Gasteiger partial charge on any atom is 0.293 e. The highest BCUT2D eigenvalue weighted by Gasteiger charge is 2.31. The molecular weight excluding hydrogens is 874 g/mol. The summed E-state index contributed by atoms with van der Waals surface area (Å²) < 4.78 is 41.5. The van der Waals surface area contributed by atoms with Gasteiger partial charge in [-0.05, 0) is 107 Å². The lowest BCUT2D eigenvalue weighted by Gasteiger charge is -2.39. The molecule has 0 spiro atoms. The van der Waals surface area contributed by atoms with E-state index in [1.807, 2.05) is 12.1 Å². The van der Waals surface area contributed by atoms with Crippen LogP contribution in [0.4, 0.5) is 22.9 Å². The normalized spacial score (nSPS) is 17.6. The molecular formula is C43H49BrClN7O7S. The van der Waals surface area contributed by atoms with Crippen molar-refractivity contribution >= 4 is 71.9 Å². The zero-order chi connectivity index (χ0) is 42.6. The molecule has 3 heterocycles. The Hall–Kier alpha value is -4.74. The summed E-state index contributed by atoms with van der Waals surface area (Å²) in [5.41, 5.74) is 10.7. The van der Waals surface area contributed by atoms with Gasteiger partial charge in [0.2, 0.25) is 0 Å². The third-order valence-corrected chi connectivity index (χ3v) is 13.6. The number of nitrogens with two attached hydrogens (primary N) is 1. The van der Waals surface area contributed by atoms with Crippen LogP contribution < -0.4 is 25.4 Å². The number of carbonyl (C=O) groups excluding carboxylic acids is 1. The Bertz CT molecular complexity index is 2380. The van der Waals surface area contributed by atoms with Gasteiger partial charge in [0.1, 0.15) is 23.0 Å². The number of benzene rings is 3. The van der Waals surface area contributed by atoms with Crippen LogP contribution in [0.5, 0.6) is 11.5 Å². The number of pyridine rings is 1. The number of rotatable bonds is 13. The van der Waals surface area contributed by atoms with Crippen LogP contribution in [0.15, 0.2) is 87.9 Å². The Balaban J connectivity index is 1.09. The topological polar surface area (TPSA) is 182 Å². The van der Waals surface area contributed by atoms with Crippen molar-refractivity contribution < 1.29 is 27.6 Å². The molecule has 0 atom stereocenters. The van der Waals surface area contributed by atoms with Gasteiger partial charge in [-0.3, -0.25) is 19.8 Å². The van der Waals surface area contributed by atoms with Crippen molar-refractivity contribution in [2.45, 2.75) is 50.8 Å². The van der Waals surface area contributed by atoms with Crippen molar-refractivity contribution in [2.24, 2.45) is 11.3 Å². The van der Waals surface area contributed by atoms with E-state index in [1.165, 1.54) is 47.2 Å². The molecule has 1 aliphatic carbocycles.